The van der Waals surface area contributed by atoms with E-state index in [2.05, 4.69) is 11.0 Å². The fraction of sp³-hybridized carbons (Fsp3) is 0.364. The van der Waals surface area contributed by atoms with Gasteiger partial charge in [-0.15, -0.1) is 0 Å². The van der Waals surface area contributed by atoms with E-state index in [1.54, 1.807) is 0 Å². The Balaban J connectivity index is 1.43. The Bertz CT molecular complexity index is 1030. The number of nitrogen functional groups attached to an aromatic ring is 1. The van der Waals surface area contributed by atoms with E-state index < -0.39 is 10.5 Å². The monoisotopic (exact) mass is 406 g/mol. The van der Waals surface area contributed by atoms with Crippen LogP contribution in [0.5, 0.6) is 5.75 Å². The maximum atomic E-state index is 12.7. The maximum Gasteiger partial charge on any atom is 0.334 e. The third-order valence-corrected chi connectivity index (χ3v) is 6.01. The van der Waals surface area contributed by atoms with Gasteiger partial charge in [0.25, 0.3) is 0 Å². The van der Waals surface area contributed by atoms with Crippen molar-refractivity contribution >= 4 is 17.2 Å². The van der Waals surface area contributed by atoms with E-state index in [4.69, 9.17) is 15.7 Å². The lowest BCUT2D eigenvalue weighted by Gasteiger charge is -2.43. The summed E-state index contributed by atoms with van der Waals surface area (Å²) in [5.41, 5.74) is 6.81. The molecule has 8 nitrogen and oxygen atoms in total. The minimum atomic E-state index is -0.715. The van der Waals surface area contributed by atoms with Gasteiger partial charge >= 0.3 is 5.69 Å². The van der Waals surface area contributed by atoms with Crippen molar-refractivity contribution in [2.45, 2.75) is 31.3 Å². The normalized spacial score (nSPS) is 17.8. The predicted molar refractivity (Wildman–Crippen MR) is 110 cm³/mol. The molecule has 1 fully saturated rings. The zero-order valence-corrected chi connectivity index (χ0v) is 16.5. The van der Waals surface area contributed by atoms with Crippen molar-refractivity contribution in [2.24, 2.45) is 0 Å². The first-order valence-electron chi connectivity index (χ1n) is 9.91. The topological polar surface area (TPSA) is 122 Å². The van der Waals surface area contributed by atoms with Crippen LogP contribution in [0.1, 0.15) is 40.7 Å². The first-order chi connectivity index (χ1) is 14.4. The quantitative estimate of drug-likeness (QED) is 0.470. The number of ketones is 1. The number of nitro groups is 1. The molecule has 0 aromatic heterocycles. The fourth-order valence-electron chi connectivity index (χ4n) is 4.23. The lowest BCUT2D eigenvalue weighted by Crippen LogP contribution is -2.51. The number of anilines is 1. The summed E-state index contributed by atoms with van der Waals surface area (Å²) in [6.45, 7) is 2.35. The molecule has 2 aliphatic rings. The third-order valence-electron chi connectivity index (χ3n) is 6.01. The lowest BCUT2D eigenvalue weighted by molar-refractivity contribution is -0.385. The average molecular weight is 406 g/mol. The minimum Gasteiger partial charge on any atom is -0.479 e. The van der Waals surface area contributed by atoms with Crippen molar-refractivity contribution in [3.05, 3.63) is 63.2 Å². The number of carbonyl (C=O) groups excluding carboxylic acids is 1. The molecule has 0 unspecified atom stereocenters. The Kier molecular flexibility index (Phi) is 5.14. The van der Waals surface area contributed by atoms with Gasteiger partial charge in [-0.3, -0.25) is 14.9 Å². The molecule has 0 amide bonds. The summed E-state index contributed by atoms with van der Waals surface area (Å²) >= 11 is 0. The summed E-state index contributed by atoms with van der Waals surface area (Å²) in [5.74, 6) is -0.118. The number of fused-ring (bicyclic) bond motifs is 1. The summed E-state index contributed by atoms with van der Waals surface area (Å²) < 4.78 is 6.14. The Morgan fingerprint density at radius 2 is 1.90 bits per heavy atom. The SMILES string of the molecule is N#Cc1ccc(CCN2CCC3(CC2)CC(=O)c2ccc(N)c([N+](=O)[O-])c2O3)cc1. The van der Waals surface area contributed by atoms with E-state index in [0.29, 0.717) is 18.4 Å². The van der Waals surface area contributed by atoms with Gasteiger partial charge in [0, 0.05) is 32.5 Å². The summed E-state index contributed by atoms with van der Waals surface area (Å²) in [4.78, 5) is 25.9. The van der Waals surface area contributed by atoms with Crippen LogP contribution < -0.4 is 10.5 Å². The van der Waals surface area contributed by atoms with Gasteiger partial charge in [-0.1, -0.05) is 12.1 Å². The molecule has 2 heterocycles. The third kappa shape index (κ3) is 3.72. The molecule has 0 atom stereocenters. The molecular formula is C22H22N4O4. The summed E-state index contributed by atoms with van der Waals surface area (Å²) in [5, 5.41) is 20.4. The van der Waals surface area contributed by atoms with Crippen molar-refractivity contribution in [3.8, 4) is 11.8 Å². The Hall–Kier alpha value is -3.44. The van der Waals surface area contributed by atoms with Gasteiger partial charge in [-0.25, -0.2) is 0 Å². The maximum absolute atomic E-state index is 12.7. The Morgan fingerprint density at radius 3 is 2.53 bits per heavy atom. The molecule has 8 heteroatoms. The highest BCUT2D eigenvalue weighted by atomic mass is 16.6. The molecule has 0 bridgehead atoms. The molecule has 1 spiro atoms. The number of ether oxygens (including phenoxy) is 1. The molecule has 2 aromatic carbocycles. The number of hydrogen-bond acceptors (Lipinski definition) is 7. The fourth-order valence-corrected chi connectivity index (χ4v) is 4.23. The van der Waals surface area contributed by atoms with Gasteiger partial charge in [-0.2, -0.15) is 5.26 Å². The molecule has 2 aromatic rings. The van der Waals surface area contributed by atoms with Crippen LogP contribution in [0.15, 0.2) is 36.4 Å². The second kappa shape index (κ2) is 7.76. The number of likely N-dealkylation sites (tertiary alicyclic amines) is 1. The van der Waals surface area contributed by atoms with Crippen LogP contribution >= 0.6 is 0 Å². The van der Waals surface area contributed by atoms with Crippen molar-refractivity contribution in [1.29, 1.82) is 5.26 Å². The first kappa shape index (κ1) is 19.9. The van der Waals surface area contributed by atoms with Crippen molar-refractivity contribution < 1.29 is 14.5 Å². The number of nitro benzene ring substituents is 1. The summed E-state index contributed by atoms with van der Waals surface area (Å²) in [6.07, 6.45) is 2.34. The average Bonchev–Trinajstić information content (AvgIpc) is 2.73. The molecule has 0 saturated carbocycles. The summed E-state index contributed by atoms with van der Waals surface area (Å²) in [6, 6.07) is 12.6. The highest BCUT2D eigenvalue weighted by Gasteiger charge is 2.45. The molecule has 154 valence electrons. The van der Waals surface area contributed by atoms with Crippen LogP contribution in [-0.4, -0.2) is 40.8 Å². The number of Topliss-reactive ketones (excluding diaryl/α,β-unsaturated/α-hetero) is 1. The Labute approximate surface area is 174 Å². The molecule has 0 aliphatic carbocycles. The smallest absolute Gasteiger partial charge is 0.334 e. The Morgan fingerprint density at radius 1 is 1.20 bits per heavy atom. The number of nitrogens with zero attached hydrogens (tertiary/aromatic N) is 3. The number of nitrogens with two attached hydrogens (primary N) is 1. The molecule has 30 heavy (non-hydrogen) atoms. The number of carbonyl (C=O) groups is 1. The summed E-state index contributed by atoms with van der Waals surface area (Å²) in [7, 11) is 0. The minimum absolute atomic E-state index is 0.00320. The highest BCUT2D eigenvalue weighted by Crippen LogP contribution is 2.46. The molecular weight excluding hydrogens is 384 g/mol. The lowest BCUT2D eigenvalue weighted by atomic mass is 9.82. The van der Waals surface area contributed by atoms with Gasteiger partial charge in [0.2, 0.25) is 5.75 Å². The number of rotatable bonds is 4. The van der Waals surface area contributed by atoms with Crippen LogP contribution in [0, 0.1) is 21.4 Å². The van der Waals surface area contributed by atoms with Crippen LogP contribution in [0.4, 0.5) is 11.4 Å². The van der Waals surface area contributed by atoms with Gasteiger partial charge in [-0.05, 0) is 36.2 Å². The zero-order valence-electron chi connectivity index (χ0n) is 16.5. The van der Waals surface area contributed by atoms with E-state index in [0.717, 1.165) is 26.1 Å². The number of nitriles is 1. The molecule has 2 aliphatic heterocycles. The van der Waals surface area contributed by atoms with Crippen molar-refractivity contribution in [2.75, 3.05) is 25.4 Å². The molecule has 1 saturated heterocycles. The van der Waals surface area contributed by atoms with E-state index >= 15 is 0 Å². The van der Waals surface area contributed by atoms with Crippen LogP contribution in [-0.2, 0) is 6.42 Å². The second-order valence-electron chi connectivity index (χ2n) is 7.92. The van der Waals surface area contributed by atoms with Gasteiger partial charge in [0.05, 0.1) is 28.5 Å². The molecule has 0 radical (unpaired) electrons. The van der Waals surface area contributed by atoms with Gasteiger partial charge < -0.3 is 15.4 Å². The van der Waals surface area contributed by atoms with Crippen LogP contribution in [0.2, 0.25) is 0 Å². The second-order valence-corrected chi connectivity index (χ2v) is 7.92. The van der Waals surface area contributed by atoms with Crippen molar-refractivity contribution in [3.63, 3.8) is 0 Å². The first-order valence-corrected chi connectivity index (χ1v) is 9.91. The van der Waals surface area contributed by atoms with Crippen LogP contribution in [0.3, 0.4) is 0 Å². The van der Waals surface area contributed by atoms with E-state index in [9.17, 15) is 14.9 Å². The number of benzene rings is 2. The zero-order chi connectivity index (χ0) is 21.3. The van der Waals surface area contributed by atoms with Crippen LogP contribution in [0.25, 0.3) is 0 Å². The standard InChI is InChI=1S/C22H22N4O4/c23-14-16-3-1-15(2-4-16)7-10-25-11-8-22(9-12-25)13-19(27)17-5-6-18(24)20(26(28)29)21(17)30-22/h1-6H,7-13,24H2. The van der Waals surface area contributed by atoms with E-state index in [1.807, 2.05) is 24.3 Å². The molecule has 4 rings (SSSR count). The van der Waals surface area contributed by atoms with Gasteiger partial charge in [0.1, 0.15) is 11.3 Å². The number of hydrogen-bond donors (Lipinski definition) is 1. The largest absolute Gasteiger partial charge is 0.479 e. The predicted octanol–water partition coefficient (Wildman–Crippen LogP) is 3.09. The van der Waals surface area contributed by atoms with Gasteiger partial charge in [0.15, 0.2) is 5.78 Å². The van der Waals surface area contributed by atoms with Crippen molar-refractivity contribution in [1.82, 2.24) is 4.90 Å². The highest BCUT2D eigenvalue weighted by molar-refractivity contribution is 6.02. The van der Waals surface area contributed by atoms with E-state index in [1.165, 1.54) is 17.7 Å². The van der Waals surface area contributed by atoms with E-state index in [-0.39, 0.29) is 34.9 Å². The number of piperidine rings is 1. The molecule has 2 N–H and O–H groups in total.